The summed E-state index contributed by atoms with van der Waals surface area (Å²) < 4.78 is 68.9. The molecule has 36 heavy (non-hydrogen) atoms. The molecule has 0 aromatic carbocycles. The number of ether oxygens (including phenoxy) is 1. The molecule has 4 heterocycles. The minimum absolute atomic E-state index is 0.0108. The highest BCUT2D eigenvalue weighted by Gasteiger charge is 2.46. The first-order valence-electron chi connectivity index (χ1n) is 10.8. The summed E-state index contributed by atoms with van der Waals surface area (Å²) in [5.41, 5.74) is -2.16. The maximum atomic E-state index is 14.7. The van der Waals surface area contributed by atoms with E-state index in [9.17, 15) is 31.5 Å². The fraction of sp³-hybridized carbons (Fsp3) is 0.455. The number of halogens is 3. The Kier molecular flexibility index (Phi) is 6.23. The van der Waals surface area contributed by atoms with Gasteiger partial charge in [-0.3, -0.25) is 14.5 Å². The smallest absolute Gasteiger partial charge is 0.388 e. The van der Waals surface area contributed by atoms with Crippen molar-refractivity contribution >= 4 is 26.6 Å². The lowest BCUT2D eigenvalue weighted by Gasteiger charge is -2.38. The molecule has 1 aliphatic heterocycles. The molecule has 0 spiro atoms. The minimum atomic E-state index is -3.20. The summed E-state index contributed by atoms with van der Waals surface area (Å²) >= 11 is 0. The fourth-order valence-corrected chi connectivity index (χ4v) is 6.05. The quantitative estimate of drug-likeness (QED) is 0.478. The molecule has 1 amide bonds. The van der Waals surface area contributed by atoms with E-state index in [1.54, 1.807) is 27.7 Å². The predicted octanol–water partition coefficient (Wildman–Crippen LogP) is 2.48. The third kappa shape index (κ3) is 5.00. The highest BCUT2D eigenvalue weighted by molar-refractivity contribution is 7.93. The predicted molar refractivity (Wildman–Crippen MR) is 123 cm³/mol. The summed E-state index contributed by atoms with van der Waals surface area (Å²) in [6.45, 7) is 3.17. The Morgan fingerprint density at radius 1 is 1.25 bits per heavy atom. The number of nitrogens with zero attached hydrogens (tertiary/aromatic N) is 4. The Bertz CT molecular complexity index is 1440. The molecule has 1 atom stereocenters. The first-order valence-corrected chi connectivity index (χ1v) is 12.6. The van der Waals surface area contributed by atoms with Crippen molar-refractivity contribution in [1.82, 2.24) is 25.1 Å². The number of pyridine rings is 2. The Balaban J connectivity index is 1.82. The molecule has 0 aliphatic carbocycles. The topological polar surface area (TPSA) is 136 Å². The summed E-state index contributed by atoms with van der Waals surface area (Å²) in [7, 11) is -3.20. The van der Waals surface area contributed by atoms with Gasteiger partial charge < -0.3 is 15.2 Å². The van der Waals surface area contributed by atoms with Gasteiger partial charge in [0, 0.05) is 23.2 Å². The molecular formula is C22H24F3N5O5S. The number of nitrogens with one attached hydrogen (secondary N) is 1. The van der Waals surface area contributed by atoms with Crippen LogP contribution in [0.5, 0.6) is 5.88 Å². The maximum Gasteiger partial charge on any atom is 0.388 e. The fourth-order valence-electron chi connectivity index (χ4n) is 4.05. The number of aliphatic hydroxyl groups is 1. The van der Waals surface area contributed by atoms with Crippen molar-refractivity contribution in [3.8, 4) is 17.1 Å². The lowest BCUT2D eigenvalue weighted by molar-refractivity contribution is -0.0528. The van der Waals surface area contributed by atoms with Gasteiger partial charge in [-0.15, -0.1) is 0 Å². The van der Waals surface area contributed by atoms with E-state index in [-0.39, 0.29) is 33.8 Å². The van der Waals surface area contributed by atoms with Crippen LogP contribution in [-0.4, -0.2) is 68.4 Å². The number of sulfone groups is 1. The molecule has 1 saturated heterocycles. The van der Waals surface area contributed by atoms with Crippen LogP contribution < -0.4 is 10.1 Å². The first kappa shape index (κ1) is 25.8. The molecule has 0 bridgehead atoms. The zero-order valence-corrected chi connectivity index (χ0v) is 20.6. The van der Waals surface area contributed by atoms with E-state index in [2.05, 4.69) is 25.1 Å². The SMILES string of the molecule is C[C@@H](n1nc(-c2cc(OC(F)F)ncc2F)c2cnc(C(=O)NC3(C)CS(=O)(=O)C3)cc21)C(C)(C)O. The van der Waals surface area contributed by atoms with Crippen molar-refractivity contribution in [2.45, 2.75) is 51.5 Å². The van der Waals surface area contributed by atoms with Crippen LogP contribution in [0.25, 0.3) is 22.2 Å². The van der Waals surface area contributed by atoms with Crippen molar-refractivity contribution in [1.29, 1.82) is 0 Å². The monoisotopic (exact) mass is 527 g/mol. The molecule has 4 rings (SSSR count). The number of fused-ring (bicyclic) bond motifs is 1. The van der Waals surface area contributed by atoms with Crippen LogP contribution in [0.4, 0.5) is 13.2 Å². The summed E-state index contributed by atoms with van der Waals surface area (Å²) in [6, 6.07) is 1.68. The highest BCUT2D eigenvalue weighted by atomic mass is 32.2. The summed E-state index contributed by atoms with van der Waals surface area (Å²) in [5, 5.41) is 18.0. The molecule has 1 fully saturated rings. The van der Waals surface area contributed by atoms with Crippen molar-refractivity contribution in [3.63, 3.8) is 0 Å². The molecule has 2 N–H and O–H groups in total. The highest BCUT2D eigenvalue weighted by Crippen LogP contribution is 2.35. The van der Waals surface area contributed by atoms with Gasteiger partial charge in [0.15, 0.2) is 15.7 Å². The number of rotatable bonds is 7. The summed E-state index contributed by atoms with van der Waals surface area (Å²) in [6.07, 6.45) is 1.99. The van der Waals surface area contributed by atoms with E-state index in [4.69, 9.17) is 0 Å². The van der Waals surface area contributed by atoms with Crippen LogP contribution in [0.2, 0.25) is 0 Å². The van der Waals surface area contributed by atoms with Crippen LogP contribution in [0.1, 0.15) is 44.2 Å². The third-order valence-electron chi connectivity index (χ3n) is 6.00. The summed E-state index contributed by atoms with van der Waals surface area (Å²) in [4.78, 5) is 20.5. The van der Waals surface area contributed by atoms with E-state index < -0.39 is 51.2 Å². The second kappa shape index (κ2) is 8.69. The van der Waals surface area contributed by atoms with Gasteiger partial charge >= 0.3 is 6.61 Å². The van der Waals surface area contributed by atoms with E-state index in [0.717, 1.165) is 12.3 Å². The standard InChI is InChI=1S/C22H24F3N5O5S/c1-11(21(2,3)32)30-16-6-15(19(31)28-22(4)9-36(33,34)10-22)26-7-13(16)18(29-30)12-5-17(35-20(24)25)27-8-14(12)23/h5-8,11,20,32H,9-10H2,1-4H3,(H,28,31)/t11-/m1/s1. The molecule has 1 aliphatic rings. The second-order valence-corrected chi connectivity index (χ2v) is 11.7. The van der Waals surface area contributed by atoms with Gasteiger partial charge in [-0.1, -0.05) is 0 Å². The molecule has 194 valence electrons. The van der Waals surface area contributed by atoms with Crippen LogP contribution >= 0.6 is 0 Å². The lowest BCUT2D eigenvalue weighted by Crippen LogP contribution is -2.63. The number of carbonyl (C=O) groups excluding carboxylic acids is 1. The van der Waals surface area contributed by atoms with Gasteiger partial charge in [0.05, 0.1) is 40.4 Å². The maximum absolute atomic E-state index is 14.7. The van der Waals surface area contributed by atoms with Gasteiger partial charge in [0.25, 0.3) is 5.91 Å². The van der Waals surface area contributed by atoms with Crippen LogP contribution in [-0.2, 0) is 9.84 Å². The number of alkyl halides is 2. The first-order chi connectivity index (χ1) is 16.6. The Morgan fingerprint density at radius 2 is 1.92 bits per heavy atom. The van der Waals surface area contributed by atoms with Crippen LogP contribution in [0.3, 0.4) is 0 Å². The zero-order chi connectivity index (χ0) is 26.6. The zero-order valence-electron chi connectivity index (χ0n) is 19.8. The molecule has 10 nitrogen and oxygen atoms in total. The van der Waals surface area contributed by atoms with Crippen LogP contribution in [0, 0.1) is 5.82 Å². The Labute approximate surface area is 204 Å². The van der Waals surface area contributed by atoms with Crippen molar-refractivity contribution < 1.29 is 36.2 Å². The Morgan fingerprint density at radius 3 is 2.50 bits per heavy atom. The molecule has 0 unspecified atom stereocenters. The van der Waals surface area contributed by atoms with E-state index >= 15 is 0 Å². The van der Waals surface area contributed by atoms with E-state index in [1.165, 1.54) is 16.9 Å². The number of hydrogen-bond donors (Lipinski definition) is 2. The number of aromatic nitrogens is 4. The second-order valence-electron chi connectivity index (χ2n) is 9.64. The molecule has 3 aromatic heterocycles. The molecule has 3 aromatic rings. The average molecular weight is 528 g/mol. The molecule has 0 saturated carbocycles. The lowest BCUT2D eigenvalue weighted by atomic mass is 10.0. The number of hydrogen-bond acceptors (Lipinski definition) is 8. The van der Waals surface area contributed by atoms with Crippen molar-refractivity contribution in [3.05, 3.63) is 36.0 Å². The van der Waals surface area contributed by atoms with Crippen molar-refractivity contribution in [2.75, 3.05) is 11.5 Å². The minimum Gasteiger partial charge on any atom is -0.417 e. The average Bonchev–Trinajstić information content (AvgIpc) is 3.10. The largest absolute Gasteiger partial charge is 0.417 e. The normalized spacial score (nSPS) is 17.6. The van der Waals surface area contributed by atoms with Gasteiger partial charge in [0.1, 0.15) is 11.4 Å². The van der Waals surface area contributed by atoms with Gasteiger partial charge in [-0.2, -0.15) is 13.9 Å². The molecule has 0 radical (unpaired) electrons. The van der Waals surface area contributed by atoms with Crippen LogP contribution in [0.15, 0.2) is 24.5 Å². The third-order valence-corrected chi connectivity index (χ3v) is 8.16. The van der Waals surface area contributed by atoms with Crippen molar-refractivity contribution in [2.24, 2.45) is 0 Å². The van der Waals surface area contributed by atoms with E-state index in [1.807, 2.05) is 0 Å². The van der Waals surface area contributed by atoms with Gasteiger partial charge in [-0.25, -0.2) is 17.8 Å². The molecule has 14 heteroatoms. The number of carbonyl (C=O) groups is 1. The number of amides is 1. The van der Waals surface area contributed by atoms with E-state index in [0.29, 0.717) is 5.52 Å². The van der Waals surface area contributed by atoms with Gasteiger partial charge in [-0.05, 0) is 33.8 Å². The summed E-state index contributed by atoms with van der Waals surface area (Å²) in [5.74, 6) is -2.40. The molecular weight excluding hydrogens is 503 g/mol. The Hall–Kier alpha value is -3.26. The van der Waals surface area contributed by atoms with Gasteiger partial charge in [0.2, 0.25) is 5.88 Å².